The summed E-state index contributed by atoms with van der Waals surface area (Å²) >= 11 is 0. The van der Waals surface area contributed by atoms with Crippen molar-refractivity contribution >= 4 is 11.8 Å². The van der Waals surface area contributed by atoms with E-state index in [2.05, 4.69) is 5.32 Å². The lowest BCUT2D eigenvalue weighted by atomic mass is 9.94. The van der Waals surface area contributed by atoms with Gasteiger partial charge in [-0.15, -0.1) is 0 Å². The Balaban J connectivity index is 1.98. The molecule has 1 N–H and O–H groups in total. The maximum Gasteiger partial charge on any atom is 0.416 e. The van der Waals surface area contributed by atoms with Gasteiger partial charge in [-0.05, 0) is 41.0 Å². The van der Waals surface area contributed by atoms with Gasteiger partial charge in [0.1, 0.15) is 0 Å². The van der Waals surface area contributed by atoms with Crippen LogP contribution in [0.4, 0.5) is 13.2 Å². The monoisotopic (exact) mass is 305 g/mol. The van der Waals surface area contributed by atoms with E-state index < -0.39 is 17.6 Å². The standard InChI is InChI=1S/C16H10F3NO2/c17-16(18,19)12-4-1-9(2-5-12)10-3-6-13-11(7-10)8-14(21)20-15(13)22/h1-7H,8H2,(H,20,21,22). The summed E-state index contributed by atoms with van der Waals surface area (Å²) in [4.78, 5) is 23.0. The van der Waals surface area contributed by atoms with E-state index in [0.717, 1.165) is 12.1 Å². The minimum absolute atomic E-state index is 0.0789. The number of imide groups is 1. The minimum Gasteiger partial charge on any atom is -0.292 e. The van der Waals surface area contributed by atoms with Gasteiger partial charge >= 0.3 is 6.18 Å². The summed E-state index contributed by atoms with van der Waals surface area (Å²) in [5, 5.41) is 2.22. The lowest BCUT2D eigenvalue weighted by Crippen LogP contribution is -2.37. The van der Waals surface area contributed by atoms with Gasteiger partial charge in [-0.1, -0.05) is 18.2 Å². The van der Waals surface area contributed by atoms with Crippen molar-refractivity contribution in [3.05, 3.63) is 59.2 Å². The molecule has 0 aromatic heterocycles. The fraction of sp³-hybridized carbons (Fsp3) is 0.125. The molecule has 3 nitrogen and oxygen atoms in total. The Morgan fingerprint density at radius 2 is 1.55 bits per heavy atom. The van der Waals surface area contributed by atoms with Crippen LogP contribution < -0.4 is 5.32 Å². The largest absolute Gasteiger partial charge is 0.416 e. The molecule has 1 aliphatic rings. The minimum atomic E-state index is -4.38. The number of carbonyl (C=O) groups excluding carboxylic acids is 2. The summed E-state index contributed by atoms with van der Waals surface area (Å²) in [6.07, 6.45) is -4.30. The quantitative estimate of drug-likeness (QED) is 0.823. The Kier molecular flexibility index (Phi) is 3.24. The highest BCUT2D eigenvalue weighted by atomic mass is 19.4. The Labute approximate surface area is 123 Å². The molecule has 2 aromatic rings. The molecule has 0 atom stereocenters. The van der Waals surface area contributed by atoms with Crippen LogP contribution in [0.3, 0.4) is 0 Å². The van der Waals surface area contributed by atoms with Gasteiger partial charge in [-0.25, -0.2) is 0 Å². The maximum absolute atomic E-state index is 12.6. The van der Waals surface area contributed by atoms with E-state index in [9.17, 15) is 22.8 Å². The van der Waals surface area contributed by atoms with Crippen LogP contribution in [0.25, 0.3) is 11.1 Å². The molecule has 0 bridgehead atoms. The summed E-state index contributed by atoms with van der Waals surface area (Å²) in [7, 11) is 0. The average Bonchev–Trinajstić information content (AvgIpc) is 2.45. The van der Waals surface area contributed by atoms with Crippen molar-refractivity contribution in [2.45, 2.75) is 12.6 Å². The molecule has 0 fully saturated rings. The summed E-state index contributed by atoms with van der Waals surface area (Å²) in [5.41, 5.74) is 1.52. The number of benzene rings is 2. The molecular formula is C16H10F3NO2. The first kappa shape index (κ1) is 14.3. The molecule has 0 unspecified atom stereocenters. The van der Waals surface area contributed by atoms with Gasteiger partial charge in [0.05, 0.1) is 12.0 Å². The Morgan fingerprint density at radius 3 is 2.18 bits per heavy atom. The highest BCUT2D eigenvalue weighted by Gasteiger charge is 2.30. The highest BCUT2D eigenvalue weighted by molar-refractivity contribution is 6.10. The van der Waals surface area contributed by atoms with Crippen molar-refractivity contribution in [2.24, 2.45) is 0 Å². The zero-order chi connectivity index (χ0) is 15.9. The number of hydrogen-bond acceptors (Lipinski definition) is 2. The number of halogens is 3. The number of alkyl halides is 3. The van der Waals surface area contributed by atoms with Crippen molar-refractivity contribution in [2.75, 3.05) is 0 Å². The molecule has 3 rings (SSSR count). The van der Waals surface area contributed by atoms with E-state index in [4.69, 9.17) is 0 Å². The summed E-state index contributed by atoms with van der Waals surface area (Å²) in [5.74, 6) is -0.840. The number of carbonyl (C=O) groups is 2. The van der Waals surface area contributed by atoms with E-state index in [1.165, 1.54) is 12.1 Å². The molecule has 1 aliphatic heterocycles. The molecule has 0 aliphatic carbocycles. The third-order valence-corrected chi connectivity index (χ3v) is 3.50. The first-order chi connectivity index (χ1) is 10.3. The molecule has 0 spiro atoms. The van der Waals surface area contributed by atoms with Crippen LogP contribution in [-0.4, -0.2) is 11.8 Å². The van der Waals surface area contributed by atoms with Crippen LogP contribution in [0.1, 0.15) is 21.5 Å². The molecule has 2 aromatic carbocycles. The molecule has 112 valence electrons. The smallest absolute Gasteiger partial charge is 0.292 e. The molecule has 0 saturated carbocycles. The van der Waals surface area contributed by atoms with E-state index in [0.29, 0.717) is 22.3 Å². The second-order valence-corrected chi connectivity index (χ2v) is 5.00. The number of rotatable bonds is 1. The molecule has 22 heavy (non-hydrogen) atoms. The van der Waals surface area contributed by atoms with Crippen molar-refractivity contribution in [1.29, 1.82) is 0 Å². The third kappa shape index (κ3) is 2.59. The highest BCUT2D eigenvalue weighted by Crippen LogP contribution is 2.31. The van der Waals surface area contributed by atoms with Gasteiger partial charge in [0.15, 0.2) is 0 Å². The molecular weight excluding hydrogens is 295 g/mol. The zero-order valence-electron chi connectivity index (χ0n) is 11.2. The summed E-state index contributed by atoms with van der Waals surface area (Å²) < 4.78 is 37.7. The van der Waals surface area contributed by atoms with E-state index in [-0.39, 0.29) is 12.3 Å². The average molecular weight is 305 g/mol. The Bertz CT molecular complexity index is 764. The lowest BCUT2D eigenvalue weighted by Gasteiger charge is -2.16. The predicted molar refractivity (Wildman–Crippen MR) is 73.1 cm³/mol. The van der Waals surface area contributed by atoms with Crippen LogP contribution in [0.5, 0.6) is 0 Å². The van der Waals surface area contributed by atoms with Gasteiger partial charge in [-0.2, -0.15) is 13.2 Å². The Morgan fingerprint density at radius 1 is 0.909 bits per heavy atom. The fourth-order valence-electron chi connectivity index (χ4n) is 2.40. The van der Waals surface area contributed by atoms with Crippen LogP contribution >= 0.6 is 0 Å². The molecule has 6 heteroatoms. The van der Waals surface area contributed by atoms with E-state index in [1.54, 1.807) is 18.2 Å². The molecule has 0 saturated heterocycles. The first-order valence-electron chi connectivity index (χ1n) is 6.49. The third-order valence-electron chi connectivity index (χ3n) is 3.50. The number of amides is 2. The molecule has 0 radical (unpaired) electrons. The van der Waals surface area contributed by atoms with Gasteiger partial charge < -0.3 is 0 Å². The maximum atomic E-state index is 12.6. The van der Waals surface area contributed by atoms with Crippen LogP contribution in [-0.2, 0) is 17.4 Å². The number of fused-ring (bicyclic) bond motifs is 1. The zero-order valence-corrected chi connectivity index (χ0v) is 11.2. The van der Waals surface area contributed by atoms with Crippen molar-refractivity contribution in [1.82, 2.24) is 5.32 Å². The van der Waals surface area contributed by atoms with Crippen LogP contribution in [0.2, 0.25) is 0 Å². The molecule has 1 heterocycles. The fourth-order valence-corrected chi connectivity index (χ4v) is 2.40. The van der Waals surface area contributed by atoms with Gasteiger partial charge in [0.2, 0.25) is 5.91 Å². The topological polar surface area (TPSA) is 46.2 Å². The predicted octanol–water partition coefficient (Wildman–Crippen LogP) is 3.18. The van der Waals surface area contributed by atoms with Gasteiger partial charge in [0, 0.05) is 5.56 Å². The van der Waals surface area contributed by atoms with Gasteiger partial charge in [0.25, 0.3) is 5.91 Å². The van der Waals surface area contributed by atoms with E-state index >= 15 is 0 Å². The normalized spacial score (nSPS) is 14.5. The summed E-state index contributed by atoms with van der Waals surface area (Å²) in [6.45, 7) is 0. The van der Waals surface area contributed by atoms with Crippen molar-refractivity contribution < 1.29 is 22.8 Å². The lowest BCUT2D eigenvalue weighted by molar-refractivity contribution is -0.137. The number of nitrogens with one attached hydrogen (secondary N) is 1. The first-order valence-corrected chi connectivity index (χ1v) is 6.49. The van der Waals surface area contributed by atoms with Crippen LogP contribution in [0, 0.1) is 0 Å². The van der Waals surface area contributed by atoms with Gasteiger partial charge in [-0.3, -0.25) is 14.9 Å². The van der Waals surface area contributed by atoms with Crippen molar-refractivity contribution in [3.8, 4) is 11.1 Å². The van der Waals surface area contributed by atoms with Crippen molar-refractivity contribution in [3.63, 3.8) is 0 Å². The van der Waals surface area contributed by atoms with E-state index in [1.807, 2.05) is 0 Å². The Hall–Kier alpha value is -2.63. The molecule has 2 amide bonds. The second kappa shape index (κ2) is 4.98. The van der Waals surface area contributed by atoms with Crippen LogP contribution in [0.15, 0.2) is 42.5 Å². The number of hydrogen-bond donors (Lipinski definition) is 1. The second-order valence-electron chi connectivity index (χ2n) is 5.00. The summed E-state index contributed by atoms with van der Waals surface area (Å²) in [6, 6.07) is 9.64. The SMILES string of the molecule is O=C1Cc2cc(-c3ccc(C(F)(F)F)cc3)ccc2C(=O)N1.